The van der Waals surface area contributed by atoms with E-state index in [0.717, 1.165) is 0 Å². The third-order valence-electron chi connectivity index (χ3n) is 9.87. The van der Waals surface area contributed by atoms with Crippen LogP contribution in [0, 0.1) is 16.7 Å². The average molecular weight is 505 g/mol. The standard InChI is InChI=1S/C27H36O9/c1-13-15(28)11-27(34)22(36-23(32)14-8-6-5-7-9-14)20-25(4,16(29)10-17-26(20,33)12-35-17)21(31)19(30)18(13)24(27,2)3/h5-9,15-17,19-22,28-31,33-34H,10-12H2,1-4H3/t15?,16?,17?,19?,20?,21?,22?,25-,26?,27?/m1/s1. The fourth-order valence-corrected chi connectivity index (χ4v) is 7.49. The van der Waals surface area contributed by atoms with Gasteiger partial charge in [-0.05, 0) is 30.2 Å². The maximum absolute atomic E-state index is 13.4. The van der Waals surface area contributed by atoms with Crippen molar-refractivity contribution >= 4 is 5.97 Å². The molecule has 9 nitrogen and oxygen atoms in total. The predicted molar refractivity (Wildman–Crippen MR) is 127 cm³/mol. The Hall–Kier alpha value is -1.85. The number of carbonyl (C=O) groups is 1. The van der Waals surface area contributed by atoms with Crippen LogP contribution in [0.3, 0.4) is 0 Å². The minimum atomic E-state index is -1.98. The molecule has 6 N–H and O–H groups in total. The Morgan fingerprint density at radius 3 is 2.28 bits per heavy atom. The Kier molecular flexibility index (Phi) is 5.78. The molecule has 1 heterocycles. The largest absolute Gasteiger partial charge is 0.455 e. The van der Waals surface area contributed by atoms with Crippen LogP contribution in [0.2, 0.25) is 0 Å². The highest BCUT2D eigenvalue weighted by Gasteiger charge is 2.75. The van der Waals surface area contributed by atoms with E-state index in [0.29, 0.717) is 5.57 Å². The maximum atomic E-state index is 13.4. The minimum Gasteiger partial charge on any atom is -0.455 e. The van der Waals surface area contributed by atoms with Crippen LogP contribution in [0.1, 0.15) is 50.9 Å². The first-order valence-corrected chi connectivity index (χ1v) is 12.5. The van der Waals surface area contributed by atoms with Crippen molar-refractivity contribution in [3.05, 3.63) is 47.0 Å². The first-order valence-electron chi connectivity index (χ1n) is 12.5. The summed E-state index contributed by atoms with van der Waals surface area (Å²) in [6.07, 6.45) is -8.16. The van der Waals surface area contributed by atoms with Crippen LogP contribution in [-0.2, 0) is 9.47 Å². The molecule has 3 aliphatic carbocycles. The van der Waals surface area contributed by atoms with Gasteiger partial charge in [-0.1, -0.05) is 39.0 Å². The van der Waals surface area contributed by atoms with E-state index in [2.05, 4.69) is 0 Å². The van der Waals surface area contributed by atoms with Crippen LogP contribution in [0.5, 0.6) is 0 Å². The third-order valence-corrected chi connectivity index (χ3v) is 9.87. The summed E-state index contributed by atoms with van der Waals surface area (Å²) in [6, 6.07) is 8.19. The number of ether oxygens (including phenoxy) is 2. The van der Waals surface area contributed by atoms with Crippen molar-refractivity contribution in [2.24, 2.45) is 16.7 Å². The molecule has 10 atom stereocenters. The van der Waals surface area contributed by atoms with Gasteiger partial charge < -0.3 is 40.1 Å². The zero-order valence-corrected chi connectivity index (χ0v) is 21.0. The second-order valence-corrected chi connectivity index (χ2v) is 11.8. The van der Waals surface area contributed by atoms with Gasteiger partial charge in [0.15, 0.2) is 0 Å². The summed E-state index contributed by atoms with van der Waals surface area (Å²) in [6.45, 7) is 6.34. The molecule has 1 saturated heterocycles. The van der Waals surface area contributed by atoms with Gasteiger partial charge in [-0.15, -0.1) is 0 Å². The molecule has 198 valence electrons. The van der Waals surface area contributed by atoms with Gasteiger partial charge in [0.2, 0.25) is 0 Å². The number of hydrogen-bond acceptors (Lipinski definition) is 9. The van der Waals surface area contributed by atoms with E-state index in [1.165, 1.54) is 6.92 Å². The minimum absolute atomic E-state index is 0.00485. The molecule has 9 unspecified atom stereocenters. The quantitative estimate of drug-likeness (QED) is 0.246. The number of aliphatic hydroxyl groups is 6. The topological polar surface area (TPSA) is 157 Å². The molecule has 0 spiro atoms. The summed E-state index contributed by atoms with van der Waals surface area (Å²) in [7, 11) is 0. The fraction of sp³-hybridized carbons (Fsp3) is 0.667. The zero-order chi connectivity index (χ0) is 26.4. The molecule has 5 rings (SSSR count). The number of rotatable bonds is 2. The van der Waals surface area contributed by atoms with Gasteiger partial charge in [0, 0.05) is 29.6 Å². The van der Waals surface area contributed by atoms with E-state index in [1.807, 2.05) is 0 Å². The zero-order valence-electron chi connectivity index (χ0n) is 21.0. The molecular formula is C27H36O9. The molecule has 0 aromatic heterocycles. The summed E-state index contributed by atoms with van der Waals surface area (Å²) in [5, 5.41) is 69.8. The number of fused-ring (bicyclic) bond motifs is 5. The van der Waals surface area contributed by atoms with Crippen molar-refractivity contribution < 1.29 is 44.9 Å². The summed E-state index contributed by atoms with van der Waals surface area (Å²) in [4.78, 5) is 13.4. The highest BCUT2D eigenvalue weighted by atomic mass is 16.6. The Bertz CT molecular complexity index is 1090. The van der Waals surface area contributed by atoms with Crippen LogP contribution < -0.4 is 0 Å². The second kappa shape index (κ2) is 8.07. The van der Waals surface area contributed by atoms with E-state index in [9.17, 15) is 35.4 Å². The van der Waals surface area contributed by atoms with Crippen molar-refractivity contribution in [1.82, 2.24) is 0 Å². The molecule has 9 heteroatoms. The number of hydrogen-bond donors (Lipinski definition) is 6. The molecule has 2 saturated carbocycles. The predicted octanol–water partition coefficient (Wildman–Crippen LogP) is 0.303. The summed E-state index contributed by atoms with van der Waals surface area (Å²) in [5.41, 5.74) is -5.70. The Morgan fingerprint density at radius 1 is 1.06 bits per heavy atom. The van der Waals surface area contributed by atoms with Gasteiger partial charge >= 0.3 is 5.97 Å². The monoisotopic (exact) mass is 504 g/mol. The van der Waals surface area contributed by atoms with Crippen LogP contribution in [0.15, 0.2) is 41.5 Å². The van der Waals surface area contributed by atoms with Gasteiger partial charge in [0.05, 0.1) is 36.6 Å². The number of benzene rings is 1. The van der Waals surface area contributed by atoms with Gasteiger partial charge in [0.1, 0.15) is 23.4 Å². The molecule has 0 amide bonds. The van der Waals surface area contributed by atoms with Crippen LogP contribution >= 0.6 is 0 Å². The van der Waals surface area contributed by atoms with E-state index in [1.54, 1.807) is 51.1 Å². The van der Waals surface area contributed by atoms with Gasteiger partial charge in [-0.25, -0.2) is 4.79 Å². The van der Waals surface area contributed by atoms with Gasteiger partial charge in [-0.3, -0.25) is 0 Å². The van der Waals surface area contributed by atoms with Crippen molar-refractivity contribution in [2.75, 3.05) is 6.61 Å². The van der Waals surface area contributed by atoms with Crippen molar-refractivity contribution in [1.29, 1.82) is 0 Å². The highest BCUT2D eigenvalue weighted by molar-refractivity contribution is 5.89. The molecule has 0 radical (unpaired) electrons. The lowest BCUT2D eigenvalue weighted by molar-refractivity contribution is -0.363. The normalized spacial score (nSPS) is 47.6. The van der Waals surface area contributed by atoms with E-state index >= 15 is 0 Å². The Balaban J connectivity index is 1.77. The highest BCUT2D eigenvalue weighted by Crippen LogP contribution is 2.63. The van der Waals surface area contributed by atoms with Crippen LogP contribution in [0.25, 0.3) is 0 Å². The SMILES string of the molecule is CC1=C2C(O)C(O)[C@]3(C)C(O)CC4OCC4(O)C3C(OC(=O)c3ccccc3)C(O)(CC1O)C2(C)C. The number of carbonyl (C=O) groups excluding carboxylic acids is 1. The first-order chi connectivity index (χ1) is 16.7. The maximum Gasteiger partial charge on any atom is 0.338 e. The molecule has 2 bridgehead atoms. The summed E-state index contributed by atoms with van der Waals surface area (Å²) >= 11 is 0. The van der Waals surface area contributed by atoms with Crippen LogP contribution in [-0.4, -0.2) is 91.0 Å². The number of aliphatic hydroxyl groups excluding tert-OH is 4. The average Bonchev–Trinajstić information content (AvgIpc) is 2.83. The number of esters is 1. The van der Waals surface area contributed by atoms with E-state index in [-0.39, 0.29) is 30.6 Å². The molecule has 1 aromatic rings. The Morgan fingerprint density at radius 2 is 1.69 bits per heavy atom. The molecular weight excluding hydrogens is 468 g/mol. The smallest absolute Gasteiger partial charge is 0.338 e. The van der Waals surface area contributed by atoms with E-state index < -0.39 is 70.5 Å². The Labute approximate surface area is 210 Å². The second-order valence-electron chi connectivity index (χ2n) is 11.8. The summed E-state index contributed by atoms with van der Waals surface area (Å²) < 4.78 is 11.6. The molecule has 36 heavy (non-hydrogen) atoms. The molecule has 1 aliphatic heterocycles. The van der Waals surface area contributed by atoms with E-state index in [4.69, 9.17) is 9.47 Å². The lowest BCUT2D eigenvalue weighted by Crippen LogP contribution is -2.81. The summed E-state index contributed by atoms with van der Waals surface area (Å²) in [5.74, 6) is -1.99. The van der Waals surface area contributed by atoms with Crippen molar-refractivity contribution in [2.45, 2.75) is 88.4 Å². The molecule has 3 fully saturated rings. The third kappa shape index (κ3) is 3.11. The first kappa shape index (κ1) is 25.8. The van der Waals surface area contributed by atoms with Crippen LogP contribution in [0.4, 0.5) is 0 Å². The van der Waals surface area contributed by atoms with Gasteiger partial charge in [-0.2, -0.15) is 0 Å². The van der Waals surface area contributed by atoms with Crippen molar-refractivity contribution in [3.8, 4) is 0 Å². The molecule has 1 aromatic carbocycles. The lowest BCUT2D eigenvalue weighted by atomic mass is 9.44. The van der Waals surface area contributed by atoms with Crippen molar-refractivity contribution in [3.63, 3.8) is 0 Å². The lowest BCUT2D eigenvalue weighted by Gasteiger charge is -2.68. The molecule has 4 aliphatic rings. The van der Waals surface area contributed by atoms with Gasteiger partial charge in [0.25, 0.3) is 0 Å². The fourth-order valence-electron chi connectivity index (χ4n) is 7.49.